The van der Waals surface area contributed by atoms with Gasteiger partial charge in [-0.05, 0) is 0 Å². The maximum absolute atomic E-state index is 2.00. The molecule has 1 heteroatoms. The van der Waals surface area contributed by atoms with Crippen LogP contribution in [0.25, 0.3) is 0 Å². The molecule has 0 saturated heterocycles. The third-order valence-electron chi connectivity index (χ3n) is 0.556. The Bertz CT molecular complexity index is 61.0. The molecule has 0 unspecified atom stereocenters. The van der Waals surface area contributed by atoms with Crippen molar-refractivity contribution in [2.45, 2.75) is 0 Å². The van der Waals surface area contributed by atoms with Crippen molar-refractivity contribution in [3.8, 4) is 0 Å². The van der Waals surface area contributed by atoms with E-state index in [1.165, 1.54) is 0 Å². The van der Waals surface area contributed by atoms with E-state index in [0.29, 0.717) is 0 Å². The van der Waals surface area contributed by atoms with Gasteiger partial charge in [0.2, 0.25) is 0 Å². The normalized spacial score (nSPS) is 4.44. The Balaban J connectivity index is -0.0000000312. The van der Waals surface area contributed by atoms with Crippen molar-refractivity contribution < 1.29 is 25.8 Å². The van der Waals surface area contributed by atoms with Gasteiger partial charge in [0, 0.05) is 0 Å². The maximum Gasteiger partial charge on any atom is 4.00 e. The fraction of sp³-hybridized carbons (Fsp3) is 0. The summed E-state index contributed by atoms with van der Waals surface area (Å²) in [5.74, 6) is 0. The van der Waals surface area contributed by atoms with Crippen LogP contribution in [0.2, 0.25) is 0 Å². The second-order valence-corrected chi connectivity index (χ2v) is 0.962. The van der Waals surface area contributed by atoms with Crippen molar-refractivity contribution in [1.29, 1.82) is 0 Å². The van der Waals surface area contributed by atoms with Gasteiger partial charge in [0.1, 0.15) is 0 Å². The molecule has 0 fully saturated rings. The minimum atomic E-state index is 0. The topological polar surface area (TPSA) is 0 Å². The van der Waals surface area contributed by atoms with Gasteiger partial charge in [-0.3, -0.25) is 0 Å². The van der Waals surface area contributed by atoms with E-state index in [-0.39, 0.29) is 48.1 Å². The number of rotatable bonds is 0. The van der Waals surface area contributed by atoms with Gasteiger partial charge in [-0.25, -0.2) is 12.1 Å². The summed E-state index contributed by atoms with van der Waals surface area (Å²) >= 11 is 0. The second-order valence-electron chi connectivity index (χ2n) is 0.962. The Kier molecular flexibility index (Phi) is 39.9. The molecule has 1 aromatic rings. The van der Waals surface area contributed by atoms with E-state index in [1.54, 1.807) is 0 Å². The molecule has 0 saturated carbocycles. The van der Waals surface area contributed by atoms with Crippen LogP contribution in [0, 0.1) is 22.3 Å². The first-order valence-electron chi connectivity index (χ1n) is 1.67. The summed E-state index contributed by atoms with van der Waals surface area (Å²) in [6.45, 7) is 0. The zero-order valence-corrected chi connectivity index (χ0v) is 9.98. The molecule has 0 spiro atoms. The van der Waals surface area contributed by atoms with Crippen molar-refractivity contribution in [2.24, 2.45) is 0 Å². The van der Waals surface area contributed by atoms with Crippen LogP contribution in [0.5, 0.6) is 0 Å². The summed E-state index contributed by atoms with van der Waals surface area (Å²) in [7, 11) is 0. The van der Waals surface area contributed by atoms with E-state index >= 15 is 0 Å². The van der Waals surface area contributed by atoms with E-state index < -0.39 is 0 Å². The molecule has 0 amide bonds. The van der Waals surface area contributed by atoms with E-state index in [1.807, 2.05) is 30.3 Å². The van der Waals surface area contributed by atoms with Gasteiger partial charge in [0.05, 0.1) is 0 Å². The summed E-state index contributed by atoms with van der Waals surface area (Å²) in [5, 5.41) is 0. The van der Waals surface area contributed by atoms with Crippen LogP contribution in [0.1, 0.15) is 0 Å². The predicted molar refractivity (Wildman–Crippen MR) is 41.3 cm³/mol. The van der Waals surface area contributed by atoms with E-state index in [9.17, 15) is 0 Å². The van der Waals surface area contributed by atoms with Crippen LogP contribution in [-0.4, -0.2) is 0 Å². The smallest absolute Gasteiger partial charge is 0.358 e. The molecule has 0 radical (unpaired) electrons. The van der Waals surface area contributed by atoms with Gasteiger partial charge in [0.15, 0.2) is 0 Å². The fourth-order valence-corrected chi connectivity index (χ4v) is 0.321. The zero-order valence-electron chi connectivity index (χ0n) is 6.39. The Morgan fingerprint density at radius 3 is 1.22 bits per heavy atom. The van der Waals surface area contributed by atoms with Crippen molar-refractivity contribution in [3.05, 3.63) is 52.6 Å². The Labute approximate surface area is 78.4 Å². The van der Waals surface area contributed by atoms with Crippen LogP contribution < -0.4 is 0 Å². The molecule has 1 rings (SSSR count). The first kappa shape index (κ1) is 22.9. The second kappa shape index (κ2) is 15.7. The van der Waals surface area contributed by atoms with Crippen molar-refractivity contribution in [1.82, 2.24) is 0 Å². The number of hydrogen-bond acceptors (Lipinski definition) is 0. The van der Waals surface area contributed by atoms with Crippen LogP contribution in [-0.2, 0) is 25.8 Å². The van der Waals surface area contributed by atoms with Gasteiger partial charge in [0.25, 0.3) is 0 Å². The summed E-state index contributed by atoms with van der Waals surface area (Å²) in [4.78, 5) is 0. The Morgan fingerprint density at radius 1 is 0.778 bits per heavy atom. The van der Waals surface area contributed by atoms with Crippen molar-refractivity contribution in [3.63, 3.8) is 0 Å². The van der Waals surface area contributed by atoms with Gasteiger partial charge >= 0.3 is 25.8 Å². The van der Waals surface area contributed by atoms with Gasteiger partial charge in [-0.2, -0.15) is 18.2 Å². The average molecular weight is 289 g/mol. The van der Waals surface area contributed by atoms with Gasteiger partial charge < -0.3 is 22.3 Å². The summed E-state index contributed by atoms with van der Waals surface area (Å²) < 4.78 is 0. The van der Waals surface area contributed by atoms with Crippen LogP contribution >= 0.6 is 0 Å². The third-order valence-corrected chi connectivity index (χ3v) is 0.556. The largest absolute Gasteiger partial charge is 4.00 e. The SMILES string of the molecule is [CH3-].[CH3-].[CH3-].[Hf+4].c1cc[cH-]c1. The Hall–Kier alpha value is 0.220. The molecule has 0 heterocycles. The molecule has 50 valence electrons. The molecular weight excluding hydrogens is 275 g/mol. The third kappa shape index (κ3) is 11.7. The van der Waals surface area contributed by atoms with E-state index in [4.69, 9.17) is 0 Å². The van der Waals surface area contributed by atoms with Gasteiger partial charge in [-0.15, -0.1) is 0 Å². The minimum Gasteiger partial charge on any atom is -0.358 e. The molecule has 0 N–H and O–H groups in total. The maximum atomic E-state index is 2.00. The minimum absolute atomic E-state index is 0. The van der Waals surface area contributed by atoms with Crippen LogP contribution in [0.4, 0.5) is 0 Å². The molecule has 0 bridgehead atoms. The van der Waals surface area contributed by atoms with Crippen LogP contribution in [0.3, 0.4) is 0 Å². The fourth-order valence-electron chi connectivity index (χ4n) is 0.321. The molecular formula is C8H14Hf. The first-order valence-corrected chi connectivity index (χ1v) is 1.67. The molecule has 9 heavy (non-hydrogen) atoms. The Morgan fingerprint density at radius 2 is 1.11 bits per heavy atom. The molecule has 1 aromatic carbocycles. The van der Waals surface area contributed by atoms with E-state index in [0.717, 1.165) is 0 Å². The van der Waals surface area contributed by atoms with E-state index in [2.05, 4.69) is 0 Å². The number of hydrogen-bond donors (Lipinski definition) is 0. The van der Waals surface area contributed by atoms with Crippen molar-refractivity contribution in [2.75, 3.05) is 0 Å². The molecule has 0 aliphatic heterocycles. The molecule has 0 aliphatic rings. The van der Waals surface area contributed by atoms with Gasteiger partial charge in [-0.1, -0.05) is 0 Å². The zero-order chi connectivity index (χ0) is 3.54. The summed E-state index contributed by atoms with van der Waals surface area (Å²) in [6, 6.07) is 10.0. The molecule has 0 nitrogen and oxygen atoms in total. The summed E-state index contributed by atoms with van der Waals surface area (Å²) in [5.41, 5.74) is 0. The quantitative estimate of drug-likeness (QED) is 0.509. The standard InChI is InChI=1S/C5H5.3CH3.Hf/c1-2-4-5-3-1;;;;/h1-5H;3*1H3;/q4*-1;+4. The predicted octanol–water partition coefficient (Wildman–Crippen LogP) is 2.75. The average Bonchev–Trinajstić information content (AvgIpc) is 1.76. The summed E-state index contributed by atoms with van der Waals surface area (Å²) in [6.07, 6.45) is 0. The first-order chi connectivity index (χ1) is 2.50. The molecule has 0 atom stereocenters. The molecule has 0 aliphatic carbocycles. The monoisotopic (exact) mass is 290 g/mol. The van der Waals surface area contributed by atoms with Crippen molar-refractivity contribution >= 4 is 0 Å². The van der Waals surface area contributed by atoms with Crippen LogP contribution in [0.15, 0.2) is 30.3 Å². The molecule has 0 aromatic heterocycles.